The average molecular weight is 341 g/mol. The molecule has 1 spiro atoms. The Balaban J connectivity index is 1.39. The predicted molar refractivity (Wildman–Crippen MR) is 103 cm³/mol. The summed E-state index contributed by atoms with van der Waals surface area (Å²) in [5.74, 6) is 2.54. The number of benzene rings is 1. The van der Waals surface area contributed by atoms with Gasteiger partial charge in [-0.1, -0.05) is 44.2 Å². The Labute approximate surface area is 153 Å². The molecule has 0 bridgehead atoms. The summed E-state index contributed by atoms with van der Waals surface area (Å²) in [6, 6.07) is 11.1. The second-order valence-electron chi connectivity index (χ2n) is 9.36. The molecule has 1 radical (unpaired) electrons. The zero-order chi connectivity index (χ0) is 17.3. The molecule has 1 aromatic rings. The summed E-state index contributed by atoms with van der Waals surface area (Å²) in [6.45, 7) is 10.9. The van der Waals surface area contributed by atoms with Crippen LogP contribution in [-0.4, -0.2) is 37.7 Å². The Kier molecular flexibility index (Phi) is 4.94. The van der Waals surface area contributed by atoms with Gasteiger partial charge in [-0.05, 0) is 60.8 Å². The predicted octanol–water partition coefficient (Wildman–Crippen LogP) is 4.94. The van der Waals surface area contributed by atoms with Crippen molar-refractivity contribution in [1.82, 2.24) is 4.90 Å². The van der Waals surface area contributed by atoms with Crippen molar-refractivity contribution in [1.29, 1.82) is 0 Å². The van der Waals surface area contributed by atoms with Gasteiger partial charge < -0.3 is 9.64 Å². The Bertz CT molecular complexity index is 553. The van der Waals surface area contributed by atoms with E-state index in [0.29, 0.717) is 10.8 Å². The van der Waals surface area contributed by atoms with Crippen LogP contribution in [0.2, 0.25) is 0 Å². The van der Waals surface area contributed by atoms with Gasteiger partial charge >= 0.3 is 0 Å². The Hall–Kier alpha value is -0.860. The molecule has 0 aromatic heterocycles. The average Bonchev–Trinajstić information content (AvgIpc) is 2.86. The Morgan fingerprint density at radius 3 is 2.36 bits per heavy atom. The highest BCUT2D eigenvalue weighted by Crippen LogP contribution is 2.56. The highest BCUT2D eigenvalue weighted by atomic mass is 16.5. The van der Waals surface area contributed by atoms with E-state index in [-0.39, 0.29) is 0 Å². The summed E-state index contributed by atoms with van der Waals surface area (Å²) in [5.41, 5.74) is 2.45. The van der Waals surface area contributed by atoms with E-state index < -0.39 is 0 Å². The van der Waals surface area contributed by atoms with Crippen LogP contribution in [0.25, 0.3) is 0 Å². The van der Waals surface area contributed by atoms with Gasteiger partial charge in [-0.15, -0.1) is 0 Å². The number of rotatable bonds is 3. The monoisotopic (exact) mass is 340 g/mol. The molecule has 2 heterocycles. The van der Waals surface area contributed by atoms with Crippen molar-refractivity contribution in [3.63, 3.8) is 0 Å². The van der Waals surface area contributed by atoms with Gasteiger partial charge in [0.05, 0.1) is 0 Å². The fourth-order valence-corrected chi connectivity index (χ4v) is 5.68. The summed E-state index contributed by atoms with van der Waals surface area (Å²) < 4.78 is 5.55. The van der Waals surface area contributed by atoms with Crippen LogP contribution in [0.5, 0.6) is 0 Å². The molecule has 2 heteroatoms. The number of likely N-dealkylation sites (tertiary alicyclic amines) is 1. The molecule has 2 nitrogen and oxygen atoms in total. The first-order valence-corrected chi connectivity index (χ1v) is 10.3. The molecule has 2 saturated heterocycles. The van der Waals surface area contributed by atoms with Crippen molar-refractivity contribution >= 4 is 0 Å². The van der Waals surface area contributed by atoms with Gasteiger partial charge in [-0.3, -0.25) is 0 Å². The third-order valence-corrected chi connectivity index (χ3v) is 7.43. The van der Waals surface area contributed by atoms with E-state index in [4.69, 9.17) is 4.74 Å². The molecule has 137 valence electrons. The molecule has 1 aromatic carbocycles. The fourth-order valence-electron chi connectivity index (χ4n) is 5.68. The third-order valence-electron chi connectivity index (χ3n) is 7.43. The molecule has 3 fully saturated rings. The number of nitrogens with zero attached hydrogens (tertiary/aromatic N) is 1. The minimum Gasteiger partial charge on any atom is -0.381 e. The summed E-state index contributed by atoms with van der Waals surface area (Å²) >= 11 is 0. The van der Waals surface area contributed by atoms with E-state index in [1.54, 1.807) is 5.92 Å². The van der Waals surface area contributed by atoms with Crippen molar-refractivity contribution in [3.05, 3.63) is 41.8 Å². The molecule has 4 rings (SSSR count). The fraction of sp³-hybridized carbons (Fsp3) is 0.696. The first kappa shape index (κ1) is 17.5. The van der Waals surface area contributed by atoms with Crippen molar-refractivity contribution < 1.29 is 4.74 Å². The minimum absolute atomic E-state index is 0.445. The van der Waals surface area contributed by atoms with E-state index >= 15 is 0 Å². The number of hydrogen-bond donors (Lipinski definition) is 0. The molecule has 2 aliphatic heterocycles. The van der Waals surface area contributed by atoms with Gasteiger partial charge in [0.15, 0.2) is 0 Å². The molecule has 0 N–H and O–H groups in total. The van der Waals surface area contributed by atoms with Gasteiger partial charge in [0, 0.05) is 38.8 Å². The summed E-state index contributed by atoms with van der Waals surface area (Å²) in [4.78, 5) is 2.80. The van der Waals surface area contributed by atoms with Crippen LogP contribution in [0.1, 0.15) is 57.9 Å². The van der Waals surface area contributed by atoms with Crippen LogP contribution in [0.3, 0.4) is 0 Å². The third kappa shape index (κ3) is 3.53. The molecule has 0 atom stereocenters. The highest BCUT2D eigenvalue weighted by Gasteiger charge is 2.53. The quantitative estimate of drug-likeness (QED) is 0.773. The Morgan fingerprint density at radius 1 is 1.00 bits per heavy atom. The lowest BCUT2D eigenvalue weighted by atomic mass is 9.58. The smallest absolute Gasteiger partial charge is 0.0469 e. The molecule has 25 heavy (non-hydrogen) atoms. The second kappa shape index (κ2) is 7.04. The van der Waals surface area contributed by atoms with Crippen LogP contribution in [-0.2, 0) is 4.74 Å². The van der Waals surface area contributed by atoms with Crippen LogP contribution in [0.15, 0.2) is 30.3 Å². The lowest BCUT2D eigenvalue weighted by Crippen LogP contribution is -2.40. The summed E-state index contributed by atoms with van der Waals surface area (Å²) in [5, 5.41) is 0. The number of hydrogen-bond acceptors (Lipinski definition) is 2. The van der Waals surface area contributed by atoms with Crippen molar-refractivity contribution in [2.24, 2.45) is 16.7 Å². The van der Waals surface area contributed by atoms with Gasteiger partial charge in [0.2, 0.25) is 0 Å². The molecule has 0 amide bonds. The van der Waals surface area contributed by atoms with Crippen molar-refractivity contribution in [3.8, 4) is 0 Å². The van der Waals surface area contributed by atoms with Gasteiger partial charge in [0.25, 0.3) is 0 Å². The van der Waals surface area contributed by atoms with Crippen LogP contribution in [0.4, 0.5) is 0 Å². The van der Waals surface area contributed by atoms with Crippen molar-refractivity contribution in [2.75, 3.05) is 32.8 Å². The molecule has 1 aliphatic carbocycles. The largest absolute Gasteiger partial charge is 0.381 e. The van der Waals surface area contributed by atoms with Crippen LogP contribution in [0, 0.1) is 22.7 Å². The lowest BCUT2D eigenvalue weighted by molar-refractivity contribution is 0.0532. The first-order chi connectivity index (χ1) is 12.1. The molecule has 1 saturated carbocycles. The van der Waals surface area contributed by atoms with Gasteiger partial charge in [-0.25, -0.2) is 0 Å². The maximum atomic E-state index is 5.55. The maximum Gasteiger partial charge on any atom is 0.0469 e. The van der Waals surface area contributed by atoms with Crippen LogP contribution >= 0.6 is 0 Å². The first-order valence-electron chi connectivity index (χ1n) is 10.3. The van der Waals surface area contributed by atoms with E-state index in [9.17, 15) is 0 Å². The SMILES string of the molecule is CC1(C)CN(CC2CCOCC2)CC12CC[C](c1ccccc1)CC2. The summed E-state index contributed by atoms with van der Waals surface area (Å²) in [6.07, 6.45) is 7.84. The topological polar surface area (TPSA) is 12.5 Å². The van der Waals surface area contributed by atoms with Gasteiger partial charge in [-0.2, -0.15) is 0 Å². The zero-order valence-electron chi connectivity index (χ0n) is 16.1. The van der Waals surface area contributed by atoms with Crippen LogP contribution < -0.4 is 0 Å². The maximum absolute atomic E-state index is 5.55. The van der Waals surface area contributed by atoms with E-state index in [2.05, 4.69) is 49.1 Å². The number of ether oxygens (including phenoxy) is 1. The highest BCUT2D eigenvalue weighted by molar-refractivity contribution is 5.32. The molecular weight excluding hydrogens is 306 g/mol. The molecular formula is C23H34NO. The van der Waals surface area contributed by atoms with Gasteiger partial charge in [0.1, 0.15) is 0 Å². The van der Waals surface area contributed by atoms with E-state index in [0.717, 1.165) is 19.1 Å². The second-order valence-corrected chi connectivity index (χ2v) is 9.36. The van der Waals surface area contributed by atoms with Crippen molar-refractivity contribution in [2.45, 2.75) is 52.4 Å². The zero-order valence-corrected chi connectivity index (χ0v) is 16.1. The Morgan fingerprint density at radius 2 is 1.68 bits per heavy atom. The van der Waals surface area contributed by atoms with E-state index in [1.165, 1.54) is 63.7 Å². The summed E-state index contributed by atoms with van der Waals surface area (Å²) in [7, 11) is 0. The lowest BCUT2D eigenvalue weighted by Gasteiger charge is -2.45. The molecule has 3 aliphatic rings. The molecule has 0 unspecified atom stereocenters. The normalized spacial score (nSPS) is 27.8. The van der Waals surface area contributed by atoms with E-state index in [1.807, 2.05) is 0 Å². The standard InChI is InChI=1S/C23H34NO/c1-22(2)17-24(16-19-10-14-25-15-11-19)18-23(22)12-8-21(9-13-23)20-6-4-3-5-7-20/h3-7,19H,8-18H2,1-2H3. The minimum atomic E-state index is 0.445.